The lowest BCUT2D eigenvalue weighted by Gasteiger charge is -2.44. The fourth-order valence-corrected chi connectivity index (χ4v) is 13.9. The molecule has 0 saturated carbocycles. The number of rotatable bonds is 10. The van der Waals surface area contributed by atoms with Gasteiger partial charge in [-0.3, -0.25) is 0 Å². The molecule has 0 N–H and O–H groups in total. The second kappa shape index (κ2) is 22.1. The molecule has 15 aromatic rings. The zero-order valence-electron chi connectivity index (χ0n) is 51.2. The maximum absolute atomic E-state index is 5.70. The van der Waals surface area contributed by atoms with E-state index < -0.39 is 0 Å². The molecule has 0 radical (unpaired) electrons. The Balaban J connectivity index is 0.866. The highest BCUT2D eigenvalue weighted by Crippen LogP contribution is 2.47. The van der Waals surface area contributed by atoms with Crippen LogP contribution in [0.5, 0.6) is 0 Å². The first kappa shape index (κ1) is 54.4. The topological polar surface area (TPSA) is 63.0 Å². The minimum Gasteiger partial charge on any atom is -0.311 e. The average Bonchev–Trinajstić information content (AvgIpc) is 0.882. The Morgan fingerprint density at radius 3 is 1.27 bits per heavy atom. The van der Waals surface area contributed by atoms with Gasteiger partial charge in [0.05, 0.1) is 39.5 Å². The van der Waals surface area contributed by atoms with Crippen LogP contribution in [0.1, 0.15) is 26.3 Å². The Morgan fingerprint density at radius 1 is 0.293 bits per heavy atom. The van der Waals surface area contributed by atoms with E-state index in [1.54, 1.807) is 0 Å². The van der Waals surface area contributed by atoms with Gasteiger partial charge in [0.1, 0.15) is 0 Å². The van der Waals surface area contributed by atoms with Crippen molar-refractivity contribution in [2.75, 3.05) is 9.80 Å². The zero-order chi connectivity index (χ0) is 61.4. The van der Waals surface area contributed by atoms with Crippen molar-refractivity contribution in [3.63, 3.8) is 0 Å². The minimum atomic E-state index is -0.0480. The van der Waals surface area contributed by atoms with E-state index in [2.05, 4.69) is 332 Å². The van der Waals surface area contributed by atoms with Crippen LogP contribution in [-0.2, 0) is 5.41 Å². The maximum atomic E-state index is 5.70. The molecule has 434 valence electrons. The van der Waals surface area contributed by atoms with Crippen LogP contribution in [0.3, 0.4) is 0 Å². The minimum absolute atomic E-state index is 0.0169. The quantitative estimate of drug-likeness (QED) is 0.127. The van der Waals surface area contributed by atoms with Gasteiger partial charge in [0.15, 0.2) is 11.6 Å². The summed E-state index contributed by atoms with van der Waals surface area (Å²) in [6, 6.07) is 111. The Bertz CT molecular complexity index is 5150. The summed E-state index contributed by atoms with van der Waals surface area (Å²) >= 11 is 0. The molecule has 2 aliphatic heterocycles. The molecule has 0 unspecified atom stereocenters. The van der Waals surface area contributed by atoms with E-state index in [0.717, 1.165) is 107 Å². The Hall–Kier alpha value is -11.7. The number of para-hydroxylation sites is 5. The lowest BCUT2D eigenvalue weighted by atomic mass is 9.33. The molecule has 17 rings (SSSR count). The van der Waals surface area contributed by atoms with Gasteiger partial charge in [-0.15, -0.1) is 0 Å². The summed E-state index contributed by atoms with van der Waals surface area (Å²) in [6.07, 6.45) is 0. The van der Waals surface area contributed by atoms with Crippen molar-refractivity contribution in [3.8, 4) is 84.6 Å². The third kappa shape index (κ3) is 9.37. The van der Waals surface area contributed by atoms with Crippen LogP contribution in [0.4, 0.5) is 34.1 Å². The van der Waals surface area contributed by atoms with Crippen molar-refractivity contribution in [1.29, 1.82) is 0 Å². The fraction of sp³-hybridized carbons (Fsp3) is 0.0476. The molecule has 92 heavy (non-hydrogen) atoms. The fourth-order valence-electron chi connectivity index (χ4n) is 13.9. The van der Waals surface area contributed by atoms with Crippen LogP contribution in [0.25, 0.3) is 106 Å². The molecule has 7 nitrogen and oxygen atoms in total. The molecule has 0 amide bonds. The van der Waals surface area contributed by atoms with Gasteiger partial charge >= 0.3 is 0 Å². The van der Waals surface area contributed by atoms with Gasteiger partial charge in [0.2, 0.25) is 0 Å². The van der Waals surface area contributed by atoms with E-state index in [0.29, 0.717) is 11.6 Å². The largest absolute Gasteiger partial charge is 0.311 e. The van der Waals surface area contributed by atoms with Crippen LogP contribution in [0.2, 0.25) is 0 Å². The summed E-state index contributed by atoms with van der Waals surface area (Å²) in [5.41, 5.74) is 26.2. The van der Waals surface area contributed by atoms with Crippen molar-refractivity contribution < 1.29 is 0 Å². The van der Waals surface area contributed by atoms with Gasteiger partial charge in [0, 0.05) is 78.3 Å². The van der Waals surface area contributed by atoms with Crippen molar-refractivity contribution in [1.82, 2.24) is 24.5 Å². The number of benzene rings is 12. The Morgan fingerprint density at radius 2 is 0.728 bits per heavy atom. The summed E-state index contributed by atoms with van der Waals surface area (Å²) < 4.78 is 2.41. The lowest BCUT2D eigenvalue weighted by molar-refractivity contribution is 0.591. The van der Waals surface area contributed by atoms with E-state index in [9.17, 15) is 0 Å². The molecule has 0 atom stereocenters. The second-order valence-corrected chi connectivity index (χ2v) is 25.0. The summed E-state index contributed by atoms with van der Waals surface area (Å²) in [7, 11) is 0. The summed E-state index contributed by atoms with van der Waals surface area (Å²) in [4.78, 5) is 26.8. The number of hydrogen-bond acceptors (Lipinski definition) is 6. The third-order valence-electron chi connectivity index (χ3n) is 18.4. The van der Waals surface area contributed by atoms with Crippen molar-refractivity contribution in [2.45, 2.75) is 26.2 Å². The number of anilines is 6. The van der Waals surface area contributed by atoms with Crippen LogP contribution in [-0.4, -0.2) is 31.2 Å². The van der Waals surface area contributed by atoms with Crippen LogP contribution < -0.4 is 26.2 Å². The standard InChI is InChI=1S/C84H60BN7/c1-84(2,3)62-46-48-75-66(52-62)65-35-19-22-38-74(65)92(75)76-47-45-60(83-87-70(56-25-9-4-10-26-56)53-71(88-83)57-27-11-5-12-28-57)49-67(76)73-54-72(58-29-13-6-14-30-58)86-82(89-73)59-43-41-55(42-44-59)61-50-79-81-80(51-61)91(64-33-17-8-18-34-64)78-40-24-21-37-69(78)85(81)68-36-20-23-39-77(68)90(79)63-31-15-7-16-32-63/h4-54H,1-3H3. The number of hydrogen-bond donors (Lipinski definition) is 0. The number of aromatic nitrogens is 5. The highest BCUT2D eigenvalue weighted by atomic mass is 15.2. The van der Waals surface area contributed by atoms with Gasteiger partial charge in [0.25, 0.3) is 6.71 Å². The predicted octanol–water partition coefficient (Wildman–Crippen LogP) is 19.4. The monoisotopic (exact) mass is 1180 g/mol. The highest BCUT2D eigenvalue weighted by molar-refractivity contribution is 7.00. The van der Waals surface area contributed by atoms with Crippen LogP contribution in [0, 0.1) is 0 Å². The molecule has 0 saturated heterocycles. The van der Waals surface area contributed by atoms with Crippen molar-refractivity contribution >= 4 is 79.0 Å². The summed E-state index contributed by atoms with van der Waals surface area (Å²) in [5, 5.41) is 2.38. The van der Waals surface area contributed by atoms with Crippen LogP contribution >= 0.6 is 0 Å². The normalized spacial score (nSPS) is 12.4. The smallest absolute Gasteiger partial charge is 0.252 e. The van der Waals surface area contributed by atoms with Gasteiger partial charge in [-0.2, -0.15) is 0 Å². The molecule has 0 fully saturated rings. The van der Waals surface area contributed by atoms with Gasteiger partial charge < -0.3 is 14.4 Å². The van der Waals surface area contributed by atoms with E-state index in [-0.39, 0.29) is 12.1 Å². The summed E-state index contributed by atoms with van der Waals surface area (Å²) in [6.45, 7) is 6.86. The molecule has 2 aliphatic rings. The van der Waals surface area contributed by atoms with Crippen molar-refractivity contribution in [3.05, 3.63) is 315 Å². The molecule has 5 heterocycles. The molecule has 0 aliphatic carbocycles. The molecule has 0 spiro atoms. The summed E-state index contributed by atoms with van der Waals surface area (Å²) in [5.74, 6) is 1.22. The predicted molar refractivity (Wildman–Crippen MR) is 383 cm³/mol. The van der Waals surface area contributed by atoms with E-state index in [1.807, 2.05) is 12.1 Å². The average molecular weight is 1180 g/mol. The van der Waals surface area contributed by atoms with Gasteiger partial charge in [-0.05, 0) is 136 Å². The number of fused-ring (bicyclic) bond motifs is 7. The molecular formula is C84H60BN7. The Kier molecular flexibility index (Phi) is 13.1. The van der Waals surface area contributed by atoms with Gasteiger partial charge in [-0.1, -0.05) is 233 Å². The molecule has 3 aromatic heterocycles. The van der Waals surface area contributed by atoms with Crippen molar-refractivity contribution in [2.24, 2.45) is 0 Å². The zero-order valence-corrected chi connectivity index (χ0v) is 51.2. The van der Waals surface area contributed by atoms with Gasteiger partial charge in [-0.25, -0.2) is 19.9 Å². The third-order valence-corrected chi connectivity index (χ3v) is 18.4. The lowest BCUT2D eigenvalue weighted by Crippen LogP contribution is -2.61. The van der Waals surface area contributed by atoms with E-state index in [1.165, 1.54) is 44.1 Å². The number of nitrogens with zero attached hydrogens (tertiary/aromatic N) is 7. The first-order valence-electron chi connectivity index (χ1n) is 31.6. The first-order valence-corrected chi connectivity index (χ1v) is 31.6. The molecule has 8 heteroatoms. The molecule has 0 bridgehead atoms. The molecular weight excluding hydrogens is 1120 g/mol. The maximum Gasteiger partial charge on any atom is 0.252 e. The second-order valence-electron chi connectivity index (χ2n) is 25.0. The Labute approximate surface area is 536 Å². The SMILES string of the molecule is CC(C)(C)c1ccc2c(c1)c1ccccc1n2-c1ccc(-c2nc(-c3ccccc3)cc(-c3ccccc3)n2)cc1-c1cc(-c2ccccc2)nc(-c2ccc(-c3cc4c5c(c3)N(c3ccccc3)c3ccccc3B5c3ccccc3N4c3ccccc3)cc2)n1. The highest BCUT2D eigenvalue weighted by Gasteiger charge is 2.43. The first-order chi connectivity index (χ1) is 45.3. The van der Waals surface area contributed by atoms with E-state index >= 15 is 0 Å². The van der Waals surface area contributed by atoms with E-state index in [4.69, 9.17) is 19.9 Å². The van der Waals surface area contributed by atoms with Crippen LogP contribution in [0.15, 0.2) is 309 Å². The molecule has 12 aromatic carbocycles.